The first-order chi connectivity index (χ1) is 7.20. The van der Waals surface area contributed by atoms with Crippen LogP contribution in [0.15, 0.2) is 23.0 Å². The lowest BCUT2D eigenvalue weighted by atomic mass is 9.79. The molecule has 0 amide bonds. The molecule has 2 aliphatic rings. The maximum atomic E-state index is 10.9. The average Bonchev–Trinajstić information content (AvgIpc) is 2.27. The molecule has 0 saturated heterocycles. The van der Waals surface area contributed by atoms with E-state index in [1.54, 1.807) is 7.11 Å². The molecule has 2 rings (SSSR count). The van der Waals surface area contributed by atoms with Crippen molar-refractivity contribution in [3.8, 4) is 0 Å². The highest BCUT2D eigenvalue weighted by atomic mass is 16.5. The first-order valence-corrected chi connectivity index (χ1v) is 5.36. The largest absolute Gasteiger partial charge is 0.501 e. The minimum absolute atomic E-state index is 0.181. The number of methoxy groups -OCH3 is 1. The van der Waals surface area contributed by atoms with Crippen LogP contribution in [0.2, 0.25) is 0 Å². The maximum absolute atomic E-state index is 10.9. The van der Waals surface area contributed by atoms with Crippen molar-refractivity contribution < 1.29 is 14.6 Å². The monoisotopic (exact) mass is 208 g/mol. The van der Waals surface area contributed by atoms with Crippen molar-refractivity contribution in [1.29, 1.82) is 0 Å². The molecule has 0 aromatic carbocycles. The fraction of sp³-hybridized carbons (Fsp3) is 0.583. The Balaban J connectivity index is 2.08. The second-order valence-corrected chi connectivity index (χ2v) is 4.24. The lowest BCUT2D eigenvalue weighted by Crippen LogP contribution is -2.20. The normalized spacial score (nSPS) is 25.7. The van der Waals surface area contributed by atoms with E-state index in [9.17, 15) is 4.79 Å². The van der Waals surface area contributed by atoms with Crippen molar-refractivity contribution in [3.63, 3.8) is 0 Å². The first kappa shape index (κ1) is 10.3. The van der Waals surface area contributed by atoms with Crippen molar-refractivity contribution in [2.24, 2.45) is 5.92 Å². The van der Waals surface area contributed by atoms with E-state index in [0.717, 1.165) is 31.4 Å². The van der Waals surface area contributed by atoms with Gasteiger partial charge in [0.1, 0.15) is 0 Å². The van der Waals surface area contributed by atoms with Gasteiger partial charge in [-0.3, -0.25) is 4.79 Å². The highest BCUT2D eigenvalue weighted by Gasteiger charge is 2.27. The van der Waals surface area contributed by atoms with E-state index >= 15 is 0 Å². The highest BCUT2D eigenvalue weighted by Crippen LogP contribution is 2.37. The SMILES string of the molecule is COC1=CCC2=C(C1)C[C@@H](C(=O)O)CC2. The number of carboxylic acid groups (broad SMARTS) is 1. The summed E-state index contributed by atoms with van der Waals surface area (Å²) in [6.07, 6.45) is 6.33. The zero-order valence-corrected chi connectivity index (χ0v) is 8.95. The quantitative estimate of drug-likeness (QED) is 0.709. The standard InChI is InChI=1S/C12H16O3/c1-15-11-5-4-8-2-3-9(12(13)14)6-10(8)7-11/h5,9H,2-4,6-7H2,1H3,(H,13,14)/t9-/m0/s1. The molecule has 15 heavy (non-hydrogen) atoms. The second kappa shape index (κ2) is 4.09. The van der Waals surface area contributed by atoms with Gasteiger partial charge in [0.05, 0.1) is 18.8 Å². The van der Waals surface area contributed by atoms with Crippen molar-refractivity contribution in [1.82, 2.24) is 0 Å². The van der Waals surface area contributed by atoms with Crippen LogP contribution < -0.4 is 0 Å². The van der Waals surface area contributed by atoms with Gasteiger partial charge in [0, 0.05) is 6.42 Å². The molecule has 3 heteroatoms. The van der Waals surface area contributed by atoms with Crippen LogP contribution in [0.1, 0.15) is 32.1 Å². The zero-order valence-electron chi connectivity index (χ0n) is 8.95. The maximum Gasteiger partial charge on any atom is 0.306 e. The van der Waals surface area contributed by atoms with Crippen LogP contribution in [-0.4, -0.2) is 18.2 Å². The predicted molar refractivity (Wildman–Crippen MR) is 56.3 cm³/mol. The lowest BCUT2D eigenvalue weighted by molar-refractivity contribution is -0.142. The van der Waals surface area contributed by atoms with Crippen LogP contribution >= 0.6 is 0 Å². The molecule has 0 radical (unpaired) electrons. The van der Waals surface area contributed by atoms with Gasteiger partial charge in [-0.05, 0) is 31.8 Å². The molecule has 0 unspecified atom stereocenters. The molecule has 1 atom stereocenters. The van der Waals surface area contributed by atoms with Crippen molar-refractivity contribution in [3.05, 3.63) is 23.0 Å². The van der Waals surface area contributed by atoms with Crippen molar-refractivity contribution >= 4 is 5.97 Å². The van der Waals surface area contributed by atoms with Crippen LogP contribution in [0, 0.1) is 5.92 Å². The van der Waals surface area contributed by atoms with Crippen LogP contribution in [-0.2, 0) is 9.53 Å². The number of carboxylic acids is 1. The third kappa shape index (κ3) is 2.06. The van der Waals surface area contributed by atoms with Gasteiger partial charge in [-0.25, -0.2) is 0 Å². The third-order valence-electron chi connectivity index (χ3n) is 3.36. The van der Waals surface area contributed by atoms with Crippen LogP contribution in [0.4, 0.5) is 0 Å². The Morgan fingerprint density at radius 1 is 1.53 bits per heavy atom. The molecule has 3 nitrogen and oxygen atoms in total. The number of carbonyl (C=O) groups is 1. The van der Waals surface area contributed by atoms with Gasteiger partial charge in [-0.2, -0.15) is 0 Å². The van der Waals surface area contributed by atoms with Crippen LogP contribution in [0.3, 0.4) is 0 Å². The van der Waals surface area contributed by atoms with E-state index in [4.69, 9.17) is 9.84 Å². The Kier molecular flexibility index (Phi) is 2.80. The number of rotatable bonds is 2. The highest BCUT2D eigenvalue weighted by molar-refractivity contribution is 5.70. The molecule has 0 spiro atoms. The van der Waals surface area contributed by atoms with Gasteiger partial charge >= 0.3 is 5.97 Å². The van der Waals surface area contributed by atoms with Gasteiger partial charge in [0.15, 0.2) is 0 Å². The first-order valence-electron chi connectivity index (χ1n) is 5.36. The number of allylic oxidation sites excluding steroid dienone is 3. The summed E-state index contributed by atoms with van der Waals surface area (Å²) in [4.78, 5) is 10.9. The third-order valence-corrected chi connectivity index (χ3v) is 3.36. The van der Waals surface area contributed by atoms with E-state index in [-0.39, 0.29) is 5.92 Å². The Labute approximate surface area is 89.4 Å². The zero-order chi connectivity index (χ0) is 10.8. The van der Waals surface area contributed by atoms with E-state index in [1.807, 2.05) is 0 Å². The van der Waals surface area contributed by atoms with Gasteiger partial charge in [0.25, 0.3) is 0 Å². The van der Waals surface area contributed by atoms with Crippen molar-refractivity contribution in [2.75, 3.05) is 7.11 Å². The summed E-state index contributed by atoms with van der Waals surface area (Å²) in [5.41, 5.74) is 2.74. The number of aliphatic carboxylic acids is 1. The fourth-order valence-corrected chi connectivity index (χ4v) is 2.40. The predicted octanol–water partition coefficient (Wildman–Crippen LogP) is 2.49. The Bertz CT molecular complexity index is 339. The summed E-state index contributed by atoms with van der Waals surface area (Å²) in [7, 11) is 1.68. The Morgan fingerprint density at radius 3 is 3.00 bits per heavy atom. The Hall–Kier alpha value is -1.25. The fourth-order valence-electron chi connectivity index (χ4n) is 2.40. The minimum Gasteiger partial charge on any atom is -0.501 e. The van der Waals surface area contributed by atoms with E-state index in [1.165, 1.54) is 11.1 Å². The van der Waals surface area contributed by atoms with Gasteiger partial charge in [0.2, 0.25) is 0 Å². The molecule has 0 aromatic rings. The van der Waals surface area contributed by atoms with E-state index < -0.39 is 5.97 Å². The summed E-state index contributed by atoms with van der Waals surface area (Å²) in [6.45, 7) is 0. The molecule has 0 bridgehead atoms. The summed E-state index contributed by atoms with van der Waals surface area (Å²) in [6, 6.07) is 0. The van der Waals surface area contributed by atoms with Gasteiger partial charge < -0.3 is 9.84 Å². The molecule has 0 saturated carbocycles. The molecular weight excluding hydrogens is 192 g/mol. The van der Waals surface area contributed by atoms with Crippen molar-refractivity contribution in [2.45, 2.75) is 32.1 Å². The topological polar surface area (TPSA) is 46.5 Å². The Morgan fingerprint density at radius 2 is 2.33 bits per heavy atom. The summed E-state index contributed by atoms with van der Waals surface area (Å²) >= 11 is 0. The second-order valence-electron chi connectivity index (χ2n) is 4.24. The molecule has 2 aliphatic carbocycles. The summed E-state index contributed by atoms with van der Waals surface area (Å²) in [5, 5.41) is 8.98. The van der Waals surface area contributed by atoms with E-state index in [0.29, 0.717) is 6.42 Å². The van der Waals surface area contributed by atoms with Crippen LogP contribution in [0.5, 0.6) is 0 Å². The molecule has 0 fully saturated rings. The lowest BCUT2D eigenvalue weighted by Gasteiger charge is -2.27. The smallest absolute Gasteiger partial charge is 0.306 e. The van der Waals surface area contributed by atoms with Crippen LogP contribution in [0.25, 0.3) is 0 Å². The molecule has 0 aliphatic heterocycles. The minimum atomic E-state index is -0.657. The molecule has 0 heterocycles. The molecule has 1 N–H and O–H groups in total. The number of ether oxygens (including phenoxy) is 1. The van der Waals surface area contributed by atoms with Gasteiger partial charge in [-0.15, -0.1) is 0 Å². The average molecular weight is 208 g/mol. The molecule has 82 valence electrons. The summed E-state index contributed by atoms with van der Waals surface area (Å²) < 4.78 is 5.22. The molecular formula is C12H16O3. The number of hydrogen-bond acceptors (Lipinski definition) is 2. The number of hydrogen-bond donors (Lipinski definition) is 1. The van der Waals surface area contributed by atoms with E-state index in [2.05, 4.69) is 6.08 Å². The molecule has 0 aromatic heterocycles. The summed E-state index contributed by atoms with van der Waals surface area (Å²) in [5.74, 6) is 0.148. The van der Waals surface area contributed by atoms with Gasteiger partial charge in [-0.1, -0.05) is 11.1 Å².